The molecule has 0 radical (unpaired) electrons. The van der Waals surface area contributed by atoms with Crippen molar-refractivity contribution in [3.05, 3.63) is 230 Å². The van der Waals surface area contributed by atoms with E-state index in [4.69, 9.17) is 4.42 Å². The van der Waals surface area contributed by atoms with Gasteiger partial charge in [0.1, 0.15) is 11.2 Å². The van der Waals surface area contributed by atoms with Crippen LogP contribution in [0.4, 0.5) is 0 Å². The Morgan fingerprint density at radius 2 is 0.773 bits per heavy atom. The van der Waals surface area contributed by atoms with E-state index in [0.717, 1.165) is 21.9 Å². The monoisotopic (exact) mass is 838 g/mol. The summed E-state index contributed by atoms with van der Waals surface area (Å²) in [7, 11) is 0. The van der Waals surface area contributed by atoms with Crippen molar-refractivity contribution in [2.45, 2.75) is 19.3 Å². The molecule has 1 aliphatic rings. The van der Waals surface area contributed by atoms with Crippen LogP contribution in [0, 0.1) is 0 Å². The Balaban J connectivity index is 0.894. The third-order valence-corrected chi connectivity index (χ3v) is 14.8. The molecule has 1 aromatic heterocycles. The van der Waals surface area contributed by atoms with Gasteiger partial charge in [0.15, 0.2) is 0 Å². The van der Waals surface area contributed by atoms with Gasteiger partial charge in [-0.3, -0.25) is 0 Å². The quantitative estimate of drug-likeness (QED) is 0.127. The predicted molar refractivity (Wildman–Crippen MR) is 281 cm³/mol. The fourth-order valence-corrected chi connectivity index (χ4v) is 11.8. The maximum absolute atomic E-state index is 6.56. The van der Waals surface area contributed by atoms with E-state index >= 15 is 0 Å². The fraction of sp³-hybridized carbons (Fsp3) is 0.0462. The number of hydrogen-bond donors (Lipinski definition) is 0. The molecule has 0 saturated heterocycles. The van der Waals surface area contributed by atoms with Gasteiger partial charge in [-0.05, 0) is 157 Å². The molecule has 0 N–H and O–H groups in total. The van der Waals surface area contributed by atoms with Gasteiger partial charge in [-0.1, -0.05) is 196 Å². The van der Waals surface area contributed by atoms with Crippen LogP contribution in [0.25, 0.3) is 131 Å². The van der Waals surface area contributed by atoms with Gasteiger partial charge in [-0.25, -0.2) is 0 Å². The average molecular weight is 839 g/mol. The Labute approximate surface area is 382 Å². The van der Waals surface area contributed by atoms with Crippen LogP contribution in [0.2, 0.25) is 0 Å². The van der Waals surface area contributed by atoms with E-state index in [9.17, 15) is 0 Å². The molecular formula is C65H42O. The molecule has 0 aliphatic heterocycles. The molecule has 1 aliphatic carbocycles. The first kappa shape index (κ1) is 37.1. The summed E-state index contributed by atoms with van der Waals surface area (Å²) in [5, 5.41) is 14.9. The Bertz CT molecular complexity index is 4120. The maximum Gasteiger partial charge on any atom is 0.135 e. The highest BCUT2D eigenvalue weighted by Gasteiger charge is 2.37. The van der Waals surface area contributed by atoms with Crippen LogP contribution in [0.15, 0.2) is 223 Å². The van der Waals surface area contributed by atoms with Gasteiger partial charge in [0.2, 0.25) is 0 Å². The van der Waals surface area contributed by atoms with Crippen LogP contribution in [0.5, 0.6) is 0 Å². The zero-order valence-corrected chi connectivity index (χ0v) is 36.7. The topological polar surface area (TPSA) is 13.1 Å². The third kappa shape index (κ3) is 5.35. The highest BCUT2D eigenvalue weighted by Crippen LogP contribution is 2.53. The van der Waals surface area contributed by atoms with Crippen molar-refractivity contribution < 1.29 is 4.42 Å². The predicted octanol–water partition coefficient (Wildman–Crippen LogP) is 18.3. The summed E-state index contributed by atoms with van der Waals surface area (Å²) >= 11 is 0. The van der Waals surface area contributed by atoms with Crippen molar-refractivity contribution in [2.24, 2.45) is 0 Å². The van der Waals surface area contributed by atoms with Crippen LogP contribution in [0.1, 0.15) is 25.0 Å². The SMILES string of the molecule is CC1(C)c2ccc(-c3ccc4oc5ccc(-c6c7ccccc7c(-c7ccc(-c8cc9ccccc9c9ccccc89)cc7)c7ccccc67)cc5c4c3)cc2-c2ccc3ccccc3c21. The van der Waals surface area contributed by atoms with E-state index in [0.29, 0.717) is 0 Å². The highest BCUT2D eigenvalue weighted by atomic mass is 16.3. The molecule has 13 aromatic rings. The zero-order chi connectivity index (χ0) is 43.7. The molecule has 0 saturated carbocycles. The minimum Gasteiger partial charge on any atom is -0.456 e. The standard InChI is InChI=1S/C65H42O/c1-65(2)59-32-28-42(35-56(59)54-31-27-39-13-3-6-16-47(39)64(54)65)43-29-33-60-57(36-43)58-38-45(30-34-61(58)66-60)63-52-21-11-9-19-50(52)62(51-20-10-12-22-53(51)63)41-25-23-40(24-26-41)55-37-44-14-4-5-15-46(44)48-17-7-8-18-49(48)55/h3-38H,1-2H3. The van der Waals surface area contributed by atoms with E-state index in [1.807, 2.05) is 0 Å². The first-order valence-corrected chi connectivity index (χ1v) is 23.1. The molecule has 0 bridgehead atoms. The second-order valence-corrected chi connectivity index (χ2v) is 18.7. The van der Waals surface area contributed by atoms with E-state index < -0.39 is 0 Å². The molecular weight excluding hydrogens is 797 g/mol. The van der Waals surface area contributed by atoms with Gasteiger partial charge < -0.3 is 4.42 Å². The molecule has 0 unspecified atom stereocenters. The van der Waals surface area contributed by atoms with E-state index in [1.54, 1.807) is 0 Å². The van der Waals surface area contributed by atoms with Crippen LogP contribution in [-0.2, 0) is 5.41 Å². The molecule has 0 spiro atoms. The number of rotatable bonds is 4. The number of fused-ring (bicyclic) bond motifs is 13. The lowest BCUT2D eigenvalue weighted by atomic mass is 9.80. The second-order valence-electron chi connectivity index (χ2n) is 18.7. The summed E-state index contributed by atoms with van der Waals surface area (Å²) in [5.74, 6) is 0. The van der Waals surface area contributed by atoms with Gasteiger partial charge in [0.25, 0.3) is 0 Å². The Morgan fingerprint density at radius 1 is 0.288 bits per heavy atom. The largest absolute Gasteiger partial charge is 0.456 e. The zero-order valence-electron chi connectivity index (χ0n) is 36.7. The number of hydrogen-bond acceptors (Lipinski definition) is 1. The summed E-state index contributed by atoms with van der Waals surface area (Å²) in [6.45, 7) is 4.74. The lowest BCUT2D eigenvalue weighted by molar-refractivity contribution is 0.666. The van der Waals surface area contributed by atoms with E-state index in [2.05, 4.69) is 232 Å². The summed E-state index contributed by atoms with van der Waals surface area (Å²) in [5.41, 5.74) is 16.9. The lowest BCUT2D eigenvalue weighted by Crippen LogP contribution is -2.15. The molecule has 0 amide bonds. The fourth-order valence-electron chi connectivity index (χ4n) is 11.8. The molecule has 1 heterocycles. The van der Waals surface area contributed by atoms with Gasteiger partial charge >= 0.3 is 0 Å². The summed E-state index contributed by atoms with van der Waals surface area (Å²) in [6.07, 6.45) is 0. The van der Waals surface area contributed by atoms with Gasteiger partial charge in [-0.15, -0.1) is 0 Å². The van der Waals surface area contributed by atoms with Crippen LogP contribution in [0.3, 0.4) is 0 Å². The van der Waals surface area contributed by atoms with Crippen LogP contribution >= 0.6 is 0 Å². The summed E-state index contributed by atoms with van der Waals surface area (Å²) in [4.78, 5) is 0. The Kier molecular flexibility index (Phi) is 7.81. The van der Waals surface area contributed by atoms with Gasteiger partial charge in [0.05, 0.1) is 0 Å². The molecule has 0 fully saturated rings. The number of benzene rings is 12. The molecule has 1 nitrogen and oxygen atoms in total. The van der Waals surface area contributed by atoms with E-state index in [1.165, 1.54) is 121 Å². The van der Waals surface area contributed by atoms with Crippen LogP contribution in [-0.4, -0.2) is 0 Å². The van der Waals surface area contributed by atoms with Crippen LogP contribution < -0.4 is 0 Å². The summed E-state index contributed by atoms with van der Waals surface area (Å²) < 4.78 is 6.56. The van der Waals surface area contributed by atoms with Crippen molar-refractivity contribution in [1.82, 2.24) is 0 Å². The van der Waals surface area contributed by atoms with Crippen molar-refractivity contribution in [1.29, 1.82) is 0 Å². The lowest BCUT2D eigenvalue weighted by Gasteiger charge is -2.23. The van der Waals surface area contributed by atoms with Crippen molar-refractivity contribution in [2.75, 3.05) is 0 Å². The first-order valence-electron chi connectivity index (χ1n) is 23.1. The summed E-state index contributed by atoms with van der Waals surface area (Å²) in [6, 6.07) is 80.9. The Hall–Kier alpha value is -8.26. The molecule has 1 heteroatoms. The molecule has 0 atom stereocenters. The normalized spacial score (nSPS) is 13.1. The highest BCUT2D eigenvalue weighted by molar-refractivity contribution is 6.22. The molecule has 14 rings (SSSR count). The minimum atomic E-state index is -0.0868. The van der Waals surface area contributed by atoms with E-state index in [-0.39, 0.29) is 5.41 Å². The Morgan fingerprint density at radius 3 is 1.45 bits per heavy atom. The minimum absolute atomic E-state index is 0.0868. The average Bonchev–Trinajstić information content (AvgIpc) is 3.85. The second kappa shape index (κ2) is 13.9. The van der Waals surface area contributed by atoms with Gasteiger partial charge in [0, 0.05) is 16.2 Å². The van der Waals surface area contributed by atoms with Crippen molar-refractivity contribution in [3.63, 3.8) is 0 Å². The van der Waals surface area contributed by atoms with Gasteiger partial charge in [-0.2, -0.15) is 0 Å². The molecule has 12 aromatic carbocycles. The number of furan rings is 1. The third-order valence-electron chi connectivity index (χ3n) is 14.8. The maximum atomic E-state index is 6.56. The molecule has 308 valence electrons. The van der Waals surface area contributed by atoms with Crippen molar-refractivity contribution >= 4 is 75.8 Å². The smallest absolute Gasteiger partial charge is 0.135 e. The first-order chi connectivity index (χ1) is 32.5. The molecule has 66 heavy (non-hydrogen) atoms. The van der Waals surface area contributed by atoms with Crippen molar-refractivity contribution in [3.8, 4) is 55.6 Å².